The van der Waals surface area contributed by atoms with Crippen LogP contribution in [-0.2, 0) is 4.79 Å². The molecule has 22 heavy (non-hydrogen) atoms. The number of nitrogens with one attached hydrogen (secondary N) is 1. The van der Waals surface area contributed by atoms with Crippen LogP contribution in [0.4, 0.5) is 0 Å². The number of aliphatic hydroxyl groups is 1. The van der Waals surface area contributed by atoms with Gasteiger partial charge in [-0.1, -0.05) is 44.2 Å². The van der Waals surface area contributed by atoms with Crippen molar-refractivity contribution in [1.82, 2.24) is 10.2 Å². The Morgan fingerprint density at radius 1 is 1.27 bits per heavy atom. The minimum absolute atomic E-state index is 0.0309. The second-order valence-corrected chi connectivity index (χ2v) is 6.89. The van der Waals surface area contributed by atoms with Crippen LogP contribution in [0.25, 0.3) is 0 Å². The zero-order valence-electron chi connectivity index (χ0n) is 13.8. The highest BCUT2D eigenvalue weighted by atomic mass is 16.3. The minimum atomic E-state index is -1.09. The van der Waals surface area contributed by atoms with Gasteiger partial charge in [-0.05, 0) is 30.7 Å². The van der Waals surface area contributed by atoms with Crippen molar-refractivity contribution in [3.05, 3.63) is 35.9 Å². The molecule has 2 rings (SSSR count). The maximum Gasteiger partial charge on any atom is 0.253 e. The first-order valence-corrected chi connectivity index (χ1v) is 8.21. The maximum absolute atomic E-state index is 12.1. The molecule has 1 aliphatic rings. The monoisotopic (exact) mass is 304 g/mol. The molecule has 0 saturated carbocycles. The van der Waals surface area contributed by atoms with E-state index in [0.717, 1.165) is 19.6 Å². The summed E-state index contributed by atoms with van der Waals surface area (Å²) in [6.45, 7) is 9.58. The molecule has 0 unspecified atom stereocenters. The second-order valence-electron chi connectivity index (χ2n) is 6.89. The standard InChI is InChI=1S/C18H28N2O2/c1-13-9-14(2)11-20(10-13)12-15(3)19-18(22)17(21)16-7-5-4-6-8-16/h4-8,13-15,17,21H,9-12H2,1-3H3,(H,19,22)/t13-,14+,15-,17-/m0/s1. The van der Waals surface area contributed by atoms with Crippen molar-refractivity contribution >= 4 is 5.91 Å². The highest BCUT2D eigenvalue weighted by Crippen LogP contribution is 2.21. The van der Waals surface area contributed by atoms with Gasteiger partial charge in [0.25, 0.3) is 5.91 Å². The lowest BCUT2D eigenvalue weighted by Crippen LogP contribution is -2.47. The van der Waals surface area contributed by atoms with Gasteiger partial charge < -0.3 is 15.3 Å². The number of amides is 1. The van der Waals surface area contributed by atoms with Gasteiger partial charge in [0.2, 0.25) is 0 Å². The van der Waals surface area contributed by atoms with Crippen LogP contribution in [0.1, 0.15) is 38.9 Å². The van der Waals surface area contributed by atoms with E-state index in [4.69, 9.17) is 0 Å². The van der Waals surface area contributed by atoms with E-state index in [9.17, 15) is 9.90 Å². The smallest absolute Gasteiger partial charge is 0.253 e. The van der Waals surface area contributed by atoms with Crippen molar-refractivity contribution in [2.75, 3.05) is 19.6 Å². The molecule has 0 aliphatic carbocycles. The maximum atomic E-state index is 12.1. The van der Waals surface area contributed by atoms with Gasteiger partial charge in [-0.25, -0.2) is 0 Å². The van der Waals surface area contributed by atoms with Crippen LogP contribution >= 0.6 is 0 Å². The SMILES string of the molecule is C[C@@H]1C[C@H](C)CN(C[C@H](C)NC(=O)[C@@H](O)c2ccccc2)C1. The number of likely N-dealkylation sites (tertiary alicyclic amines) is 1. The van der Waals surface area contributed by atoms with Gasteiger partial charge in [0.1, 0.15) is 0 Å². The highest BCUT2D eigenvalue weighted by Gasteiger charge is 2.24. The molecule has 1 amide bonds. The zero-order chi connectivity index (χ0) is 16.1. The van der Waals surface area contributed by atoms with Crippen LogP contribution in [0.15, 0.2) is 30.3 Å². The molecule has 4 atom stereocenters. The summed E-state index contributed by atoms with van der Waals surface area (Å²) in [6.07, 6.45) is 0.187. The summed E-state index contributed by atoms with van der Waals surface area (Å²) >= 11 is 0. The zero-order valence-corrected chi connectivity index (χ0v) is 13.8. The summed E-state index contributed by atoms with van der Waals surface area (Å²) < 4.78 is 0. The molecular formula is C18H28N2O2. The Labute approximate surface area is 133 Å². The Morgan fingerprint density at radius 2 is 1.86 bits per heavy atom. The summed E-state index contributed by atoms with van der Waals surface area (Å²) in [5.74, 6) is 1.10. The molecule has 122 valence electrons. The summed E-state index contributed by atoms with van der Waals surface area (Å²) in [5, 5.41) is 13.0. The number of carbonyl (C=O) groups is 1. The Morgan fingerprint density at radius 3 is 2.45 bits per heavy atom. The Balaban J connectivity index is 1.83. The molecule has 1 aromatic rings. The van der Waals surface area contributed by atoms with Crippen molar-refractivity contribution < 1.29 is 9.90 Å². The lowest BCUT2D eigenvalue weighted by Gasteiger charge is -2.36. The first-order valence-electron chi connectivity index (χ1n) is 8.21. The average molecular weight is 304 g/mol. The van der Waals surface area contributed by atoms with Crippen molar-refractivity contribution in [2.24, 2.45) is 11.8 Å². The number of nitrogens with zero attached hydrogens (tertiary/aromatic N) is 1. The summed E-state index contributed by atoms with van der Waals surface area (Å²) in [4.78, 5) is 14.6. The number of hydrogen-bond donors (Lipinski definition) is 2. The van der Waals surface area contributed by atoms with E-state index in [1.54, 1.807) is 12.1 Å². The molecule has 0 radical (unpaired) electrons. The predicted octanol–water partition coefficient (Wildman–Crippen LogP) is 2.20. The van der Waals surface area contributed by atoms with Crippen LogP contribution in [0.2, 0.25) is 0 Å². The van der Waals surface area contributed by atoms with E-state index in [-0.39, 0.29) is 11.9 Å². The number of hydrogen-bond acceptors (Lipinski definition) is 3. The van der Waals surface area contributed by atoms with Crippen LogP contribution in [0.3, 0.4) is 0 Å². The molecule has 0 aromatic heterocycles. The Hall–Kier alpha value is -1.39. The van der Waals surface area contributed by atoms with Crippen molar-refractivity contribution in [1.29, 1.82) is 0 Å². The normalized spacial score (nSPS) is 25.5. The third-order valence-corrected chi connectivity index (χ3v) is 4.23. The molecule has 0 bridgehead atoms. The van der Waals surface area contributed by atoms with Crippen molar-refractivity contribution in [3.63, 3.8) is 0 Å². The molecule has 4 heteroatoms. The number of carbonyl (C=O) groups excluding carboxylic acids is 1. The van der Waals surface area contributed by atoms with Crippen LogP contribution in [0, 0.1) is 11.8 Å². The third kappa shape index (κ3) is 4.82. The van der Waals surface area contributed by atoms with Crippen molar-refractivity contribution in [3.8, 4) is 0 Å². The fourth-order valence-electron chi connectivity index (χ4n) is 3.48. The molecular weight excluding hydrogens is 276 g/mol. The lowest BCUT2D eigenvalue weighted by atomic mass is 9.92. The topological polar surface area (TPSA) is 52.6 Å². The number of rotatable bonds is 5. The summed E-state index contributed by atoms with van der Waals surface area (Å²) in [7, 11) is 0. The molecule has 1 saturated heterocycles. The molecule has 1 heterocycles. The minimum Gasteiger partial charge on any atom is -0.378 e. The van der Waals surface area contributed by atoms with Crippen molar-refractivity contribution in [2.45, 2.75) is 39.3 Å². The summed E-state index contributed by atoms with van der Waals surface area (Å²) in [5.41, 5.74) is 0.632. The molecule has 1 aromatic carbocycles. The van der Waals surface area contributed by atoms with Crippen LogP contribution < -0.4 is 5.32 Å². The number of aliphatic hydroxyl groups excluding tert-OH is 1. The van der Waals surface area contributed by atoms with E-state index in [2.05, 4.69) is 24.1 Å². The fourth-order valence-corrected chi connectivity index (χ4v) is 3.48. The molecule has 4 nitrogen and oxygen atoms in total. The summed E-state index contributed by atoms with van der Waals surface area (Å²) in [6, 6.07) is 9.09. The van der Waals surface area contributed by atoms with Crippen LogP contribution in [-0.4, -0.2) is 41.6 Å². The third-order valence-electron chi connectivity index (χ3n) is 4.23. The van der Waals surface area contributed by atoms with E-state index in [0.29, 0.717) is 17.4 Å². The van der Waals surface area contributed by atoms with Gasteiger partial charge in [-0.15, -0.1) is 0 Å². The second kappa shape index (κ2) is 7.75. The number of benzene rings is 1. The van der Waals surface area contributed by atoms with Crippen LogP contribution in [0.5, 0.6) is 0 Å². The highest BCUT2D eigenvalue weighted by molar-refractivity contribution is 5.82. The quantitative estimate of drug-likeness (QED) is 0.877. The lowest BCUT2D eigenvalue weighted by molar-refractivity contribution is -0.130. The Bertz CT molecular complexity index is 467. The molecule has 0 spiro atoms. The average Bonchev–Trinajstić information content (AvgIpc) is 2.46. The van der Waals surface area contributed by atoms with Gasteiger partial charge in [0, 0.05) is 25.7 Å². The van der Waals surface area contributed by atoms with Gasteiger partial charge in [-0.2, -0.15) is 0 Å². The van der Waals surface area contributed by atoms with Gasteiger partial charge in [0.05, 0.1) is 0 Å². The molecule has 2 N–H and O–H groups in total. The van der Waals surface area contributed by atoms with Gasteiger partial charge >= 0.3 is 0 Å². The predicted molar refractivity (Wildman–Crippen MR) is 88.4 cm³/mol. The Kier molecular flexibility index (Phi) is 5.98. The van der Waals surface area contributed by atoms with E-state index < -0.39 is 6.10 Å². The van der Waals surface area contributed by atoms with E-state index in [1.165, 1.54) is 6.42 Å². The van der Waals surface area contributed by atoms with E-state index in [1.807, 2.05) is 25.1 Å². The molecule has 1 fully saturated rings. The van der Waals surface area contributed by atoms with Gasteiger partial charge in [-0.3, -0.25) is 4.79 Å². The first-order chi connectivity index (χ1) is 10.5. The first kappa shape index (κ1) is 17.0. The largest absolute Gasteiger partial charge is 0.378 e. The molecule has 1 aliphatic heterocycles. The fraction of sp³-hybridized carbons (Fsp3) is 0.611. The number of piperidine rings is 1. The van der Waals surface area contributed by atoms with Gasteiger partial charge in [0.15, 0.2) is 6.10 Å². The van der Waals surface area contributed by atoms with E-state index >= 15 is 0 Å².